The molecule has 0 fully saturated rings. The van der Waals surface area contributed by atoms with Gasteiger partial charge in [0, 0.05) is 5.57 Å². The van der Waals surface area contributed by atoms with Crippen molar-refractivity contribution in [3.05, 3.63) is 35.9 Å². The summed E-state index contributed by atoms with van der Waals surface area (Å²) in [5.74, 6) is 1.10. The summed E-state index contributed by atoms with van der Waals surface area (Å²) in [5, 5.41) is 10.9. The van der Waals surface area contributed by atoms with Crippen LogP contribution in [0.1, 0.15) is 53.2 Å². The van der Waals surface area contributed by atoms with E-state index in [-0.39, 0.29) is 27.6 Å². The van der Waals surface area contributed by atoms with Crippen molar-refractivity contribution < 1.29 is 19.4 Å². The Kier molecular flexibility index (Phi) is 7.65. The summed E-state index contributed by atoms with van der Waals surface area (Å²) < 4.78 is 10.5. The Labute approximate surface area is 159 Å². The van der Waals surface area contributed by atoms with E-state index in [4.69, 9.17) is 9.47 Å². The Balaban J connectivity index is 3.30. The number of aliphatic hydroxyl groups excluding tert-OH is 1. The monoisotopic (exact) mass is 378 g/mol. The number of carbonyl (C=O) groups excluding carboxylic acids is 1. The SMILES string of the molecule is C=C(C(=O)[Si](C(C)C)(C(C)C)C(C)C)C(O)c1ccc(OC)c(OC)c1. The average molecular weight is 379 g/mol. The van der Waals surface area contributed by atoms with E-state index in [1.807, 2.05) is 0 Å². The van der Waals surface area contributed by atoms with Crippen molar-refractivity contribution in [3.63, 3.8) is 0 Å². The molecular weight excluding hydrogens is 344 g/mol. The van der Waals surface area contributed by atoms with Crippen LogP contribution in [0.4, 0.5) is 0 Å². The van der Waals surface area contributed by atoms with E-state index in [1.165, 1.54) is 0 Å². The number of hydrogen-bond acceptors (Lipinski definition) is 4. The number of hydrogen-bond donors (Lipinski definition) is 1. The van der Waals surface area contributed by atoms with E-state index in [0.717, 1.165) is 0 Å². The fourth-order valence-electron chi connectivity index (χ4n) is 4.41. The van der Waals surface area contributed by atoms with Crippen molar-refractivity contribution >= 4 is 13.5 Å². The number of carbonyl (C=O) groups is 1. The van der Waals surface area contributed by atoms with Crippen LogP contribution in [-0.2, 0) is 4.79 Å². The first kappa shape index (κ1) is 22.4. The Morgan fingerprint density at radius 3 is 1.81 bits per heavy atom. The Bertz CT molecular complexity index is 628. The van der Waals surface area contributed by atoms with Crippen LogP contribution in [0.15, 0.2) is 30.4 Å². The predicted molar refractivity (Wildman–Crippen MR) is 110 cm³/mol. The van der Waals surface area contributed by atoms with Crippen molar-refractivity contribution in [2.75, 3.05) is 14.2 Å². The van der Waals surface area contributed by atoms with Gasteiger partial charge in [0.2, 0.25) is 0 Å². The molecule has 146 valence electrons. The van der Waals surface area contributed by atoms with Gasteiger partial charge in [-0.1, -0.05) is 54.2 Å². The maximum absolute atomic E-state index is 13.5. The molecule has 1 aromatic carbocycles. The molecule has 0 amide bonds. The van der Waals surface area contributed by atoms with E-state index in [1.54, 1.807) is 32.4 Å². The molecule has 0 saturated heterocycles. The van der Waals surface area contributed by atoms with Crippen LogP contribution in [0.2, 0.25) is 16.6 Å². The molecular formula is C21H34O4Si. The highest BCUT2D eigenvalue weighted by Gasteiger charge is 2.50. The molecule has 4 nitrogen and oxygen atoms in total. The van der Waals surface area contributed by atoms with Gasteiger partial charge in [0.1, 0.15) is 19.6 Å². The number of benzene rings is 1. The molecule has 0 aliphatic rings. The fourth-order valence-corrected chi connectivity index (χ4v) is 10.7. The van der Waals surface area contributed by atoms with Crippen molar-refractivity contribution in [2.24, 2.45) is 0 Å². The summed E-state index contributed by atoms with van der Waals surface area (Å²) in [5.41, 5.74) is 1.67. The first-order valence-corrected chi connectivity index (χ1v) is 11.4. The topological polar surface area (TPSA) is 55.8 Å². The first-order chi connectivity index (χ1) is 12.0. The molecule has 1 aromatic rings. The molecule has 26 heavy (non-hydrogen) atoms. The van der Waals surface area contributed by atoms with Crippen LogP contribution < -0.4 is 9.47 Å². The normalized spacial score (nSPS) is 13.2. The van der Waals surface area contributed by atoms with Crippen molar-refractivity contribution in [1.82, 2.24) is 0 Å². The average Bonchev–Trinajstić information content (AvgIpc) is 2.59. The van der Waals surface area contributed by atoms with Gasteiger partial charge < -0.3 is 19.4 Å². The second kappa shape index (κ2) is 8.87. The molecule has 0 bridgehead atoms. The minimum atomic E-state index is -2.38. The van der Waals surface area contributed by atoms with Crippen LogP contribution in [0, 0.1) is 0 Å². The fraction of sp³-hybridized carbons (Fsp3) is 0.571. The van der Waals surface area contributed by atoms with Gasteiger partial charge in [-0.3, -0.25) is 0 Å². The molecule has 0 aromatic heterocycles. The van der Waals surface area contributed by atoms with Gasteiger partial charge in [0.15, 0.2) is 11.5 Å². The summed E-state index contributed by atoms with van der Waals surface area (Å²) in [6.07, 6.45) is -1.05. The van der Waals surface area contributed by atoms with Crippen molar-refractivity contribution in [2.45, 2.75) is 64.3 Å². The Morgan fingerprint density at radius 2 is 1.42 bits per heavy atom. The maximum Gasteiger partial charge on any atom is 0.161 e. The largest absolute Gasteiger partial charge is 0.493 e. The van der Waals surface area contributed by atoms with E-state index < -0.39 is 14.2 Å². The van der Waals surface area contributed by atoms with Gasteiger partial charge in [0.05, 0.1) is 14.2 Å². The van der Waals surface area contributed by atoms with Gasteiger partial charge in [-0.05, 0) is 34.3 Å². The third kappa shape index (κ3) is 3.89. The summed E-state index contributed by atoms with van der Waals surface area (Å²) in [7, 11) is 0.720. The van der Waals surface area contributed by atoms with Crippen LogP contribution >= 0.6 is 0 Å². The molecule has 1 atom stereocenters. The van der Waals surface area contributed by atoms with Gasteiger partial charge >= 0.3 is 0 Å². The van der Waals surface area contributed by atoms with E-state index in [2.05, 4.69) is 48.1 Å². The quantitative estimate of drug-likeness (QED) is 0.481. The molecule has 0 saturated carbocycles. The standard InChI is InChI=1S/C21H34O4Si/c1-13(2)26(14(3)4,15(5)6)21(23)16(7)20(22)17-10-11-18(24-8)19(12-17)25-9/h10-15,20,22H,7H2,1-6,8-9H3. The van der Waals surface area contributed by atoms with Gasteiger partial charge in [0.25, 0.3) is 0 Å². The molecule has 1 rings (SSSR count). The van der Waals surface area contributed by atoms with Crippen molar-refractivity contribution in [3.8, 4) is 11.5 Å². The minimum absolute atomic E-state index is 0.0692. The van der Waals surface area contributed by atoms with Crippen LogP contribution in [0.5, 0.6) is 11.5 Å². The van der Waals surface area contributed by atoms with Crippen LogP contribution in [-0.4, -0.2) is 32.8 Å². The van der Waals surface area contributed by atoms with E-state index >= 15 is 0 Å². The maximum atomic E-state index is 13.5. The lowest BCUT2D eigenvalue weighted by Crippen LogP contribution is -2.53. The van der Waals surface area contributed by atoms with Crippen LogP contribution in [0.25, 0.3) is 0 Å². The smallest absolute Gasteiger partial charge is 0.161 e. The summed E-state index contributed by atoms with van der Waals surface area (Å²) in [6.45, 7) is 16.8. The number of methoxy groups -OCH3 is 2. The highest BCUT2D eigenvalue weighted by atomic mass is 28.3. The number of rotatable bonds is 9. The summed E-state index contributed by atoms with van der Waals surface area (Å²) >= 11 is 0. The third-order valence-electron chi connectivity index (χ3n) is 5.60. The number of aliphatic hydroxyl groups is 1. The molecule has 1 unspecified atom stereocenters. The number of ether oxygens (including phenoxy) is 2. The second-order valence-corrected chi connectivity index (χ2v) is 13.6. The lowest BCUT2D eigenvalue weighted by Gasteiger charge is -2.42. The highest BCUT2D eigenvalue weighted by Crippen LogP contribution is 2.45. The molecule has 0 spiro atoms. The zero-order valence-electron chi connectivity index (χ0n) is 17.4. The Hall–Kier alpha value is -1.59. The lowest BCUT2D eigenvalue weighted by atomic mass is 10.0. The van der Waals surface area contributed by atoms with E-state index in [9.17, 15) is 9.90 Å². The van der Waals surface area contributed by atoms with Gasteiger partial charge in [-0.15, -0.1) is 0 Å². The molecule has 0 radical (unpaired) electrons. The third-order valence-corrected chi connectivity index (χ3v) is 12.4. The zero-order chi connectivity index (χ0) is 20.2. The molecule has 0 heterocycles. The van der Waals surface area contributed by atoms with Gasteiger partial charge in [-0.25, -0.2) is 0 Å². The molecule has 5 heteroatoms. The summed E-state index contributed by atoms with van der Waals surface area (Å²) in [6, 6.07) is 5.17. The first-order valence-electron chi connectivity index (χ1n) is 9.19. The minimum Gasteiger partial charge on any atom is -0.493 e. The highest BCUT2D eigenvalue weighted by molar-refractivity contribution is 7.10. The molecule has 0 aliphatic heterocycles. The summed E-state index contributed by atoms with van der Waals surface area (Å²) in [4.78, 5) is 13.5. The van der Waals surface area contributed by atoms with Crippen LogP contribution in [0.3, 0.4) is 0 Å². The zero-order valence-corrected chi connectivity index (χ0v) is 18.4. The van der Waals surface area contributed by atoms with Gasteiger partial charge in [-0.2, -0.15) is 0 Å². The molecule has 1 N–H and O–H groups in total. The van der Waals surface area contributed by atoms with E-state index in [0.29, 0.717) is 17.1 Å². The second-order valence-electron chi connectivity index (χ2n) is 7.77. The predicted octanol–water partition coefficient (Wildman–Crippen LogP) is 5.08. The van der Waals surface area contributed by atoms with Crippen molar-refractivity contribution in [1.29, 1.82) is 0 Å². The Morgan fingerprint density at radius 1 is 0.962 bits per heavy atom. The lowest BCUT2D eigenvalue weighted by molar-refractivity contribution is -0.110. The molecule has 0 aliphatic carbocycles.